The molecule has 0 aliphatic carbocycles. The molecule has 3 N–H and O–H groups in total. The summed E-state index contributed by atoms with van der Waals surface area (Å²) in [6.07, 6.45) is 5.03. The van der Waals surface area contributed by atoms with Crippen LogP contribution in [0.25, 0.3) is 0 Å². The molecule has 1 aromatic heterocycles. The van der Waals surface area contributed by atoms with E-state index in [9.17, 15) is 14.4 Å². The lowest BCUT2D eigenvalue weighted by molar-refractivity contribution is -0.133. The molecule has 0 atom stereocenters. The number of aliphatic carboxylic acids is 3. The van der Waals surface area contributed by atoms with Crippen molar-refractivity contribution in [1.29, 1.82) is 0 Å². The maximum Gasteiger partial charge on any atom is 0.330 e. The number of carbonyl (C=O) groups is 3. The van der Waals surface area contributed by atoms with Gasteiger partial charge in [0, 0.05) is 22.8 Å². The van der Waals surface area contributed by atoms with Gasteiger partial charge in [0.05, 0.1) is 12.8 Å². The molecule has 10 nitrogen and oxygen atoms in total. The van der Waals surface area contributed by atoms with Crippen LogP contribution < -0.4 is 4.74 Å². The minimum atomic E-state index is -0.935. The maximum absolute atomic E-state index is 9.60. The molecule has 0 aromatic carbocycles. The summed E-state index contributed by atoms with van der Waals surface area (Å²) in [7, 11) is 0. The molecule has 0 bridgehead atoms. The molecule has 168 valence electrons. The highest BCUT2D eigenvalue weighted by molar-refractivity contribution is 5.85. The predicted molar refractivity (Wildman–Crippen MR) is 112 cm³/mol. The molecule has 1 rings (SSSR count). The highest BCUT2D eigenvalue weighted by Gasteiger charge is 1.93. The highest BCUT2D eigenvalue weighted by atomic mass is 16.5. The van der Waals surface area contributed by atoms with Gasteiger partial charge < -0.3 is 20.1 Å². The average Bonchev–Trinajstić information content (AvgIpc) is 2.67. The SMILES string of the molecule is C=C(C)C(=O)O.C=C(C)C(=O)O.C=C(C)C(=O)O.CCCCCOc1ccnnn1. The van der Waals surface area contributed by atoms with Crippen molar-refractivity contribution in [3.63, 3.8) is 0 Å². The van der Waals surface area contributed by atoms with Gasteiger partial charge in [0.2, 0.25) is 5.88 Å². The third-order valence-corrected chi connectivity index (χ3v) is 2.57. The Kier molecular flexibility index (Phi) is 21.0. The van der Waals surface area contributed by atoms with Crippen LogP contribution in [0.3, 0.4) is 0 Å². The molecular weight excluding hydrogens is 394 g/mol. The van der Waals surface area contributed by atoms with Gasteiger partial charge in [0.1, 0.15) is 0 Å². The second-order valence-electron chi connectivity index (χ2n) is 5.77. The van der Waals surface area contributed by atoms with Crippen LogP contribution >= 0.6 is 0 Å². The Hall–Kier alpha value is -3.56. The van der Waals surface area contributed by atoms with E-state index in [1.54, 1.807) is 12.3 Å². The Balaban J connectivity index is -0.000000349. The van der Waals surface area contributed by atoms with E-state index in [4.69, 9.17) is 20.1 Å². The van der Waals surface area contributed by atoms with E-state index in [1.165, 1.54) is 33.6 Å². The molecule has 0 unspecified atom stereocenters. The molecule has 0 aliphatic heterocycles. The van der Waals surface area contributed by atoms with Crippen molar-refractivity contribution in [2.45, 2.75) is 47.0 Å². The lowest BCUT2D eigenvalue weighted by Gasteiger charge is -2.01. The minimum absolute atomic E-state index is 0.176. The fourth-order valence-corrected chi connectivity index (χ4v) is 0.836. The number of carboxylic acids is 3. The number of hydrogen-bond acceptors (Lipinski definition) is 7. The van der Waals surface area contributed by atoms with E-state index in [-0.39, 0.29) is 16.7 Å². The van der Waals surface area contributed by atoms with Crippen LogP contribution in [0.5, 0.6) is 5.88 Å². The van der Waals surface area contributed by atoms with Crippen molar-refractivity contribution in [2.75, 3.05) is 6.61 Å². The summed E-state index contributed by atoms with van der Waals surface area (Å²) >= 11 is 0. The molecule has 30 heavy (non-hydrogen) atoms. The number of carboxylic acid groups (broad SMARTS) is 3. The Morgan fingerprint density at radius 1 is 0.900 bits per heavy atom. The average molecular weight is 425 g/mol. The van der Waals surface area contributed by atoms with Gasteiger partial charge >= 0.3 is 17.9 Å². The zero-order chi connectivity index (χ0) is 24.1. The van der Waals surface area contributed by atoms with Crippen molar-refractivity contribution in [3.05, 3.63) is 48.7 Å². The molecule has 0 saturated carbocycles. The first-order valence-corrected chi connectivity index (χ1v) is 8.80. The fraction of sp³-hybridized carbons (Fsp3) is 0.400. The lowest BCUT2D eigenvalue weighted by Crippen LogP contribution is -1.99. The second-order valence-corrected chi connectivity index (χ2v) is 5.77. The van der Waals surface area contributed by atoms with Crippen LogP contribution in [0, 0.1) is 0 Å². The zero-order valence-electron chi connectivity index (χ0n) is 17.9. The van der Waals surface area contributed by atoms with E-state index in [1.807, 2.05) is 0 Å². The van der Waals surface area contributed by atoms with Crippen molar-refractivity contribution in [1.82, 2.24) is 15.4 Å². The summed E-state index contributed by atoms with van der Waals surface area (Å²) in [6, 6.07) is 1.71. The standard InChI is InChI=1S/C8H13N3O.3C4H6O2/c1-2-3-4-7-12-8-5-6-9-11-10-8;3*1-3(2)4(5)6/h5-6H,2-4,7H2,1H3;3*1H2,2H3,(H,5,6). The van der Waals surface area contributed by atoms with Crippen molar-refractivity contribution in [3.8, 4) is 5.88 Å². The minimum Gasteiger partial charge on any atom is -0.478 e. The number of rotatable bonds is 8. The molecule has 0 amide bonds. The predicted octanol–water partition coefficient (Wildman–Crippen LogP) is 3.38. The van der Waals surface area contributed by atoms with E-state index in [2.05, 4.69) is 42.1 Å². The van der Waals surface area contributed by atoms with E-state index in [0.717, 1.165) is 6.42 Å². The number of nitrogens with zero attached hydrogens (tertiary/aromatic N) is 3. The quantitative estimate of drug-likeness (QED) is 0.416. The Labute approximate surface area is 176 Å². The Morgan fingerprint density at radius 3 is 1.57 bits per heavy atom. The lowest BCUT2D eigenvalue weighted by atomic mass is 10.3. The summed E-state index contributed by atoms with van der Waals surface area (Å²) in [6.45, 7) is 16.7. The largest absolute Gasteiger partial charge is 0.478 e. The summed E-state index contributed by atoms with van der Waals surface area (Å²) < 4.78 is 5.29. The van der Waals surface area contributed by atoms with E-state index >= 15 is 0 Å². The van der Waals surface area contributed by atoms with Crippen LogP contribution in [-0.4, -0.2) is 55.2 Å². The van der Waals surface area contributed by atoms with Crippen molar-refractivity contribution in [2.24, 2.45) is 0 Å². The maximum atomic E-state index is 9.60. The monoisotopic (exact) mass is 425 g/mol. The van der Waals surface area contributed by atoms with Crippen LogP contribution in [0.1, 0.15) is 47.0 Å². The van der Waals surface area contributed by atoms with Gasteiger partial charge in [-0.05, 0) is 32.4 Å². The van der Waals surface area contributed by atoms with Gasteiger partial charge in [0.15, 0.2) is 0 Å². The van der Waals surface area contributed by atoms with Gasteiger partial charge in [-0.15, -0.1) is 5.10 Å². The number of hydrogen-bond donors (Lipinski definition) is 3. The molecule has 0 aliphatic rings. The molecule has 1 aromatic rings. The first-order valence-electron chi connectivity index (χ1n) is 8.80. The van der Waals surface area contributed by atoms with Crippen LogP contribution in [0.4, 0.5) is 0 Å². The van der Waals surface area contributed by atoms with Crippen LogP contribution in [0.2, 0.25) is 0 Å². The summed E-state index contributed by atoms with van der Waals surface area (Å²) in [4.78, 5) is 28.8. The van der Waals surface area contributed by atoms with Gasteiger partial charge in [-0.25, -0.2) is 14.4 Å². The third-order valence-electron chi connectivity index (χ3n) is 2.57. The molecule has 0 saturated heterocycles. The second kappa shape index (κ2) is 20.2. The molecule has 0 spiro atoms. The summed E-state index contributed by atoms with van der Waals surface area (Å²) in [5.41, 5.74) is 0.528. The number of unbranched alkanes of at least 4 members (excludes halogenated alkanes) is 2. The molecule has 1 heterocycles. The van der Waals surface area contributed by atoms with Crippen molar-refractivity contribution < 1.29 is 34.4 Å². The molecule has 10 heteroatoms. The highest BCUT2D eigenvalue weighted by Crippen LogP contribution is 2.02. The molecule has 0 radical (unpaired) electrons. The topological polar surface area (TPSA) is 160 Å². The first kappa shape index (κ1) is 31.1. The van der Waals surface area contributed by atoms with Crippen molar-refractivity contribution >= 4 is 17.9 Å². The Morgan fingerprint density at radius 2 is 1.30 bits per heavy atom. The van der Waals surface area contributed by atoms with Crippen LogP contribution in [0.15, 0.2) is 48.7 Å². The van der Waals surface area contributed by atoms with Gasteiger partial charge in [-0.2, -0.15) is 0 Å². The van der Waals surface area contributed by atoms with E-state index in [0.29, 0.717) is 12.5 Å². The summed E-state index contributed by atoms with van der Waals surface area (Å²) in [5.74, 6) is -2.25. The van der Waals surface area contributed by atoms with Gasteiger partial charge in [-0.3, -0.25) is 0 Å². The van der Waals surface area contributed by atoms with Crippen LogP contribution in [-0.2, 0) is 14.4 Å². The fourth-order valence-electron chi connectivity index (χ4n) is 0.836. The van der Waals surface area contributed by atoms with Gasteiger partial charge in [0.25, 0.3) is 0 Å². The molecular formula is C20H31N3O7. The molecule has 0 fully saturated rings. The summed E-state index contributed by atoms with van der Waals surface area (Å²) in [5, 5.41) is 34.4. The third kappa shape index (κ3) is 26.7. The first-order chi connectivity index (χ1) is 13.9. The number of aromatic nitrogens is 3. The van der Waals surface area contributed by atoms with Gasteiger partial charge in [-0.1, -0.05) is 44.6 Å². The number of ether oxygens (including phenoxy) is 1. The normalized spacial score (nSPS) is 8.40. The Bertz CT molecular complexity index is 596. The van der Waals surface area contributed by atoms with E-state index < -0.39 is 17.9 Å². The smallest absolute Gasteiger partial charge is 0.330 e. The zero-order valence-corrected chi connectivity index (χ0v) is 17.9.